The molecule has 9 nitrogen and oxygen atoms in total. The molecule has 0 saturated heterocycles. The zero-order valence-electron chi connectivity index (χ0n) is 18.5. The van der Waals surface area contributed by atoms with Crippen LogP contribution in [-0.2, 0) is 0 Å². The van der Waals surface area contributed by atoms with Crippen LogP contribution in [0.5, 0.6) is 5.75 Å². The van der Waals surface area contributed by atoms with E-state index >= 15 is 0 Å². The fourth-order valence-electron chi connectivity index (χ4n) is 3.98. The van der Waals surface area contributed by atoms with E-state index in [0.717, 1.165) is 32.1 Å². The van der Waals surface area contributed by atoms with Crippen LogP contribution in [0.15, 0.2) is 22.7 Å². The Bertz CT molecular complexity index is 956. The average molecular weight is 448 g/mol. The predicted molar refractivity (Wildman–Crippen MR) is 118 cm³/mol. The van der Waals surface area contributed by atoms with E-state index in [-0.39, 0.29) is 23.5 Å². The smallest absolute Gasteiger partial charge is 0.449 e. The van der Waals surface area contributed by atoms with Gasteiger partial charge in [0, 0.05) is 30.8 Å². The lowest BCUT2D eigenvalue weighted by Gasteiger charge is -2.38. The highest BCUT2D eigenvalue weighted by molar-refractivity contribution is 6.01. The lowest BCUT2D eigenvalue weighted by Crippen LogP contribution is -2.40. The van der Waals surface area contributed by atoms with Crippen molar-refractivity contribution in [2.45, 2.75) is 58.9 Å². The Kier molecular flexibility index (Phi) is 7.55. The third-order valence-corrected chi connectivity index (χ3v) is 5.25. The van der Waals surface area contributed by atoms with Crippen LogP contribution < -0.4 is 20.3 Å². The molecule has 0 aliphatic heterocycles. The minimum absolute atomic E-state index is 0.193. The van der Waals surface area contributed by atoms with Crippen molar-refractivity contribution in [1.29, 1.82) is 0 Å². The summed E-state index contributed by atoms with van der Waals surface area (Å²) in [5.74, 6) is -0.265. The molecular weight excluding hydrogens is 419 g/mol. The van der Waals surface area contributed by atoms with Crippen molar-refractivity contribution in [1.82, 2.24) is 5.16 Å². The number of halogens is 1. The second-order valence-corrected chi connectivity index (χ2v) is 8.41. The zero-order valence-corrected chi connectivity index (χ0v) is 18.5. The summed E-state index contributed by atoms with van der Waals surface area (Å²) in [5, 5.41) is 17.9. The first kappa shape index (κ1) is 23.4. The first-order valence-electron chi connectivity index (χ1n) is 10.7. The predicted octanol–water partition coefficient (Wildman–Crippen LogP) is 5.62. The second-order valence-electron chi connectivity index (χ2n) is 8.41. The second kappa shape index (κ2) is 10.3. The molecule has 2 aromatic rings. The standard InChI is InChI=1S/C22H29FN4O5/c1-13(2)12-27(15-7-5-4-6-8-15)18-10-16(23)19(31-22(29)30)11-17(18)24-21(28)25-20-9-14(3)32-26-20/h9-11,13,15H,4-8,12H2,1-3H3,(H,29,30)(H2,24,25,26,28). The topological polar surface area (TPSA) is 117 Å². The van der Waals surface area contributed by atoms with Crippen molar-refractivity contribution < 1.29 is 28.3 Å². The molecule has 32 heavy (non-hydrogen) atoms. The Balaban J connectivity index is 1.96. The van der Waals surface area contributed by atoms with Crippen LogP contribution in [0, 0.1) is 18.7 Å². The van der Waals surface area contributed by atoms with Crippen molar-refractivity contribution in [3.63, 3.8) is 0 Å². The van der Waals surface area contributed by atoms with E-state index in [0.29, 0.717) is 18.0 Å². The summed E-state index contributed by atoms with van der Waals surface area (Å²) in [5.41, 5.74) is 0.721. The van der Waals surface area contributed by atoms with Gasteiger partial charge < -0.3 is 24.6 Å². The molecule has 3 rings (SSSR count). The number of aryl methyl sites for hydroxylation is 1. The van der Waals surface area contributed by atoms with E-state index in [4.69, 9.17) is 9.63 Å². The van der Waals surface area contributed by atoms with E-state index in [1.165, 1.54) is 12.1 Å². The number of carboxylic acid groups (broad SMARTS) is 1. The number of anilines is 3. The Morgan fingerprint density at radius 3 is 2.56 bits per heavy atom. The number of hydrogen-bond donors (Lipinski definition) is 3. The minimum atomic E-state index is -1.64. The summed E-state index contributed by atoms with van der Waals surface area (Å²) in [7, 11) is 0. The van der Waals surface area contributed by atoms with Gasteiger partial charge in [0.05, 0.1) is 11.4 Å². The lowest BCUT2D eigenvalue weighted by atomic mass is 9.93. The molecule has 1 aromatic carbocycles. The van der Waals surface area contributed by atoms with Crippen LogP contribution in [0.25, 0.3) is 0 Å². The molecule has 1 aromatic heterocycles. The molecule has 1 fully saturated rings. The maximum absolute atomic E-state index is 14.8. The zero-order chi connectivity index (χ0) is 23.3. The highest BCUT2D eigenvalue weighted by atomic mass is 19.1. The number of ether oxygens (including phenoxy) is 1. The summed E-state index contributed by atoms with van der Waals surface area (Å²) in [6.07, 6.45) is 3.61. The summed E-state index contributed by atoms with van der Waals surface area (Å²) >= 11 is 0. The molecule has 174 valence electrons. The first-order valence-corrected chi connectivity index (χ1v) is 10.7. The molecule has 0 atom stereocenters. The molecule has 1 aliphatic rings. The molecule has 1 aliphatic carbocycles. The van der Waals surface area contributed by atoms with Gasteiger partial charge in [0.2, 0.25) is 0 Å². The van der Waals surface area contributed by atoms with E-state index < -0.39 is 23.8 Å². The van der Waals surface area contributed by atoms with Crippen molar-refractivity contribution >= 4 is 29.4 Å². The van der Waals surface area contributed by atoms with Crippen molar-refractivity contribution in [2.24, 2.45) is 5.92 Å². The number of carbonyl (C=O) groups is 2. The molecule has 0 radical (unpaired) electrons. The SMILES string of the molecule is Cc1cc(NC(=O)Nc2cc(OC(=O)O)c(F)cc2N(CC(C)C)C2CCCCC2)no1. The fourth-order valence-corrected chi connectivity index (χ4v) is 3.98. The van der Waals surface area contributed by atoms with Crippen molar-refractivity contribution in [3.05, 3.63) is 29.8 Å². The Labute approximate surface area is 185 Å². The van der Waals surface area contributed by atoms with Crippen LogP contribution >= 0.6 is 0 Å². The van der Waals surface area contributed by atoms with Crippen molar-refractivity contribution in [3.8, 4) is 5.75 Å². The number of nitrogens with one attached hydrogen (secondary N) is 2. The summed E-state index contributed by atoms with van der Waals surface area (Å²) in [6, 6.07) is 3.55. The molecule has 0 unspecified atom stereocenters. The minimum Gasteiger partial charge on any atom is -0.449 e. The maximum Gasteiger partial charge on any atom is 0.511 e. The van der Waals surface area contributed by atoms with Gasteiger partial charge in [-0.3, -0.25) is 5.32 Å². The molecule has 3 N–H and O–H groups in total. The van der Waals surface area contributed by atoms with Gasteiger partial charge in [0.15, 0.2) is 17.4 Å². The van der Waals surface area contributed by atoms with Crippen LogP contribution in [0.3, 0.4) is 0 Å². The van der Waals surface area contributed by atoms with Crippen molar-refractivity contribution in [2.75, 3.05) is 22.1 Å². The Morgan fingerprint density at radius 2 is 1.97 bits per heavy atom. The third-order valence-electron chi connectivity index (χ3n) is 5.25. The van der Waals surface area contributed by atoms with Gasteiger partial charge in [-0.1, -0.05) is 38.3 Å². The van der Waals surface area contributed by atoms with Crippen LogP contribution in [-0.4, -0.2) is 35.0 Å². The van der Waals surface area contributed by atoms with Gasteiger partial charge in [0.25, 0.3) is 0 Å². The summed E-state index contributed by atoms with van der Waals surface area (Å²) in [4.78, 5) is 25.7. The third kappa shape index (κ3) is 6.12. The summed E-state index contributed by atoms with van der Waals surface area (Å²) in [6.45, 7) is 6.49. The van der Waals surface area contributed by atoms with Gasteiger partial charge in [-0.25, -0.2) is 14.0 Å². The van der Waals surface area contributed by atoms with Crippen LogP contribution in [0.2, 0.25) is 0 Å². The van der Waals surface area contributed by atoms with Gasteiger partial charge in [-0.05, 0) is 25.7 Å². The molecule has 1 heterocycles. The van der Waals surface area contributed by atoms with Gasteiger partial charge in [-0.2, -0.15) is 0 Å². The average Bonchev–Trinajstić information content (AvgIpc) is 3.13. The molecule has 0 bridgehead atoms. The fraction of sp³-hybridized carbons (Fsp3) is 0.500. The first-order chi connectivity index (χ1) is 15.2. The van der Waals surface area contributed by atoms with E-state index in [2.05, 4.69) is 39.3 Å². The number of urea groups is 1. The van der Waals surface area contributed by atoms with E-state index in [1.807, 2.05) is 0 Å². The quantitative estimate of drug-likeness (QED) is 0.372. The molecule has 1 saturated carbocycles. The van der Waals surface area contributed by atoms with E-state index in [9.17, 15) is 14.0 Å². The number of carbonyl (C=O) groups excluding carboxylic acids is 1. The normalized spacial score (nSPS) is 14.3. The van der Waals surface area contributed by atoms with E-state index in [1.54, 1.807) is 13.0 Å². The number of nitrogens with zero attached hydrogens (tertiary/aromatic N) is 2. The lowest BCUT2D eigenvalue weighted by molar-refractivity contribution is 0.142. The van der Waals surface area contributed by atoms with Crippen LogP contribution in [0.4, 0.5) is 31.2 Å². The van der Waals surface area contributed by atoms with Crippen LogP contribution in [0.1, 0.15) is 51.7 Å². The molecule has 0 spiro atoms. The molecule has 10 heteroatoms. The molecular formula is C22H29FN4O5. The maximum atomic E-state index is 14.8. The molecule has 2 amide bonds. The van der Waals surface area contributed by atoms with Gasteiger partial charge in [0.1, 0.15) is 5.76 Å². The van der Waals surface area contributed by atoms with Gasteiger partial charge >= 0.3 is 12.2 Å². The monoisotopic (exact) mass is 448 g/mol. The highest BCUT2D eigenvalue weighted by Crippen LogP contribution is 2.37. The number of benzene rings is 1. The largest absolute Gasteiger partial charge is 0.511 e. The summed E-state index contributed by atoms with van der Waals surface area (Å²) < 4.78 is 24.3. The number of rotatable bonds is 7. The Morgan fingerprint density at radius 1 is 1.25 bits per heavy atom. The highest BCUT2D eigenvalue weighted by Gasteiger charge is 2.27. The number of amides is 2. The number of hydrogen-bond acceptors (Lipinski definition) is 6. The van der Waals surface area contributed by atoms with Gasteiger partial charge in [-0.15, -0.1) is 0 Å². The number of aromatic nitrogens is 1. The Hall–Kier alpha value is -3.30.